The minimum Gasteiger partial charge on any atom is -0.466 e. The van der Waals surface area contributed by atoms with Gasteiger partial charge in [0.2, 0.25) is 0 Å². The van der Waals surface area contributed by atoms with E-state index in [0.717, 1.165) is 12.8 Å². The van der Waals surface area contributed by atoms with Crippen molar-refractivity contribution in [3.05, 3.63) is 48.0 Å². The van der Waals surface area contributed by atoms with Crippen molar-refractivity contribution in [3.63, 3.8) is 0 Å². The lowest BCUT2D eigenvalue weighted by molar-refractivity contribution is -0.492. The van der Waals surface area contributed by atoms with Crippen LogP contribution in [0.25, 0.3) is 0 Å². The number of hydrogen-bond donors (Lipinski definition) is 5. The first kappa shape index (κ1) is 30.4. The topological polar surface area (TPSA) is 140 Å². The number of allylic oxidation sites excluding steroid dienone is 2. The maximum atomic E-state index is 11.8. The Morgan fingerprint density at radius 3 is 2.47 bits per heavy atom. The lowest BCUT2D eigenvalue weighted by Crippen LogP contribution is -2.23. The summed E-state index contributed by atoms with van der Waals surface area (Å²) in [6, 6.07) is 10.1. The van der Waals surface area contributed by atoms with Crippen LogP contribution in [-0.4, -0.2) is 68.6 Å². The second kappa shape index (κ2) is 17.6. The number of carbonyl (C=O) groups is 1. The van der Waals surface area contributed by atoms with Gasteiger partial charge < -0.3 is 20.1 Å². The summed E-state index contributed by atoms with van der Waals surface area (Å²) >= 11 is 0. The van der Waals surface area contributed by atoms with Gasteiger partial charge in [-0.1, -0.05) is 42.5 Å². The van der Waals surface area contributed by atoms with Gasteiger partial charge in [-0.15, -0.1) is 0 Å². The first-order valence-electron chi connectivity index (χ1n) is 13.1. The van der Waals surface area contributed by atoms with E-state index in [9.17, 15) is 20.1 Å². The van der Waals surface area contributed by atoms with E-state index >= 15 is 0 Å². The third-order valence-corrected chi connectivity index (χ3v) is 6.80. The van der Waals surface area contributed by atoms with Crippen molar-refractivity contribution in [1.82, 2.24) is 5.39 Å². The molecule has 9 heteroatoms. The molecule has 0 aliphatic heterocycles. The van der Waals surface area contributed by atoms with Crippen molar-refractivity contribution in [3.8, 4) is 0 Å². The number of ether oxygens (including phenoxy) is 1. The molecule has 0 amide bonds. The number of esters is 1. The molecule has 204 valence electrons. The lowest BCUT2D eigenvalue weighted by atomic mass is 9.85. The second-order valence-corrected chi connectivity index (χ2v) is 9.57. The standard InChI is InChI=1S/C27H43NO8/c29-22(15-14-21-10-4-3-5-11-21)16-17-24-23(25(30)20-26(24)31)12-6-1-2-7-13-27(32)35-18-8-9-19-36-28(33)34/h1,3-6,10-11,22-26,29-31,33-34H,2,7-9,12-20H2/b6-1-/t22-,23+,24+,25-,26+/m0/s1. The Balaban J connectivity index is 1.59. The zero-order valence-electron chi connectivity index (χ0n) is 21.0. The minimum atomic E-state index is -0.549. The lowest BCUT2D eigenvalue weighted by Gasteiger charge is -2.23. The Labute approximate surface area is 213 Å². The quantitative estimate of drug-likeness (QED) is 0.0869. The summed E-state index contributed by atoms with van der Waals surface area (Å²) in [5, 5.41) is 47.7. The molecule has 36 heavy (non-hydrogen) atoms. The van der Waals surface area contributed by atoms with E-state index in [1.54, 1.807) is 0 Å². The third-order valence-electron chi connectivity index (χ3n) is 6.80. The molecule has 1 aromatic rings. The maximum Gasteiger partial charge on any atom is 0.305 e. The monoisotopic (exact) mass is 509 g/mol. The molecule has 1 saturated carbocycles. The average Bonchev–Trinajstić information content (AvgIpc) is 3.12. The number of benzene rings is 1. The van der Waals surface area contributed by atoms with Gasteiger partial charge in [0.1, 0.15) is 0 Å². The van der Waals surface area contributed by atoms with Crippen LogP contribution in [0.4, 0.5) is 0 Å². The number of aliphatic hydroxyl groups is 3. The van der Waals surface area contributed by atoms with Crippen LogP contribution >= 0.6 is 0 Å². The molecule has 0 heterocycles. The molecule has 5 atom stereocenters. The molecule has 0 unspecified atom stereocenters. The summed E-state index contributed by atoms with van der Waals surface area (Å²) in [6.45, 7) is 0.386. The largest absolute Gasteiger partial charge is 0.466 e. The number of aryl methyl sites for hydroxylation is 1. The molecule has 2 rings (SSSR count). The molecule has 9 nitrogen and oxygen atoms in total. The highest BCUT2D eigenvalue weighted by atomic mass is 17.1. The van der Waals surface area contributed by atoms with Crippen LogP contribution in [0.3, 0.4) is 0 Å². The van der Waals surface area contributed by atoms with Gasteiger partial charge in [0.15, 0.2) is 0 Å². The van der Waals surface area contributed by atoms with E-state index in [1.807, 2.05) is 30.4 Å². The Bertz CT molecular complexity index is 745. The molecule has 5 N–H and O–H groups in total. The SMILES string of the molecule is O=C(CCC/C=C\C[C@@H]1[C@@H](CC[C@@H](O)CCc2ccccc2)[C@H](O)C[C@@H]1O)OCCCCON(O)O. The molecule has 1 aliphatic carbocycles. The molecule has 0 bridgehead atoms. The number of carbonyl (C=O) groups excluding carboxylic acids is 1. The van der Waals surface area contributed by atoms with E-state index in [0.29, 0.717) is 57.8 Å². The third kappa shape index (κ3) is 12.4. The normalized spacial score (nSPS) is 22.9. The molecule has 1 aliphatic rings. The van der Waals surface area contributed by atoms with E-state index in [-0.39, 0.29) is 36.4 Å². The second-order valence-electron chi connectivity index (χ2n) is 9.57. The number of rotatable bonds is 18. The predicted molar refractivity (Wildman–Crippen MR) is 133 cm³/mol. The van der Waals surface area contributed by atoms with Crippen LogP contribution < -0.4 is 0 Å². The Kier molecular flexibility index (Phi) is 14.8. The summed E-state index contributed by atoms with van der Waals surface area (Å²) in [6.07, 6.45) is 9.13. The smallest absolute Gasteiger partial charge is 0.305 e. The fraction of sp³-hybridized carbons (Fsp3) is 0.667. The van der Waals surface area contributed by atoms with Gasteiger partial charge in [-0.05, 0) is 81.6 Å². The van der Waals surface area contributed by atoms with Crippen molar-refractivity contribution >= 4 is 5.97 Å². The Morgan fingerprint density at radius 2 is 1.72 bits per heavy atom. The van der Waals surface area contributed by atoms with E-state index < -0.39 is 18.3 Å². The van der Waals surface area contributed by atoms with Crippen LogP contribution in [0, 0.1) is 11.8 Å². The average molecular weight is 510 g/mol. The van der Waals surface area contributed by atoms with Crippen molar-refractivity contribution in [2.45, 2.75) is 88.9 Å². The van der Waals surface area contributed by atoms with Gasteiger partial charge in [0, 0.05) is 6.42 Å². The first-order chi connectivity index (χ1) is 17.4. The van der Waals surface area contributed by atoms with Crippen LogP contribution in [0.15, 0.2) is 42.5 Å². The predicted octanol–water partition coefficient (Wildman–Crippen LogP) is 3.57. The van der Waals surface area contributed by atoms with Gasteiger partial charge in [-0.2, -0.15) is 0 Å². The van der Waals surface area contributed by atoms with Gasteiger partial charge in [0.25, 0.3) is 0 Å². The first-order valence-corrected chi connectivity index (χ1v) is 13.1. The summed E-state index contributed by atoms with van der Waals surface area (Å²) in [7, 11) is 0. The number of hydrogen-bond acceptors (Lipinski definition) is 9. The van der Waals surface area contributed by atoms with Crippen LogP contribution in [0.2, 0.25) is 0 Å². The molecule has 1 fully saturated rings. The molecular weight excluding hydrogens is 466 g/mol. The van der Waals surface area contributed by atoms with Crippen molar-refractivity contribution in [2.75, 3.05) is 13.2 Å². The molecule has 0 radical (unpaired) electrons. The van der Waals surface area contributed by atoms with Gasteiger partial charge in [-0.25, -0.2) is 0 Å². The van der Waals surface area contributed by atoms with Crippen LogP contribution in [-0.2, 0) is 20.8 Å². The highest BCUT2D eigenvalue weighted by Crippen LogP contribution is 2.38. The fourth-order valence-electron chi connectivity index (χ4n) is 4.76. The summed E-state index contributed by atoms with van der Waals surface area (Å²) in [4.78, 5) is 16.2. The summed E-state index contributed by atoms with van der Waals surface area (Å²) in [5.41, 5.74) is 1.20. The number of aliphatic hydroxyl groups excluding tert-OH is 3. The van der Waals surface area contributed by atoms with E-state index in [2.05, 4.69) is 17.0 Å². The van der Waals surface area contributed by atoms with Crippen molar-refractivity contribution < 1.29 is 40.1 Å². The van der Waals surface area contributed by atoms with Crippen molar-refractivity contribution in [1.29, 1.82) is 0 Å². The zero-order chi connectivity index (χ0) is 26.2. The van der Waals surface area contributed by atoms with Gasteiger partial charge in [-0.3, -0.25) is 20.0 Å². The zero-order valence-corrected chi connectivity index (χ0v) is 21.0. The molecule has 0 spiro atoms. The maximum absolute atomic E-state index is 11.8. The number of unbranched alkanes of at least 4 members (excludes halogenated alkanes) is 2. The summed E-state index contributed by atoms with van der Waals surface area (Å²) in [5.74, 6) is -0.333. The fourth-order valence-corrected chi connectivity index (χ4v) is 4.76. The Hall–Kier alpha value is -1.85. The van der Waals surface area contributed by atoms with E-state index in [4.69, 9.17) is 15.2 Å². The van der Waals surface area contributed by atoms with E-state index in [1.165, 1.54) is 5.56 Å². The highest BCUT2D eigenvalue weighted by molar-refractivity contribution is 5.69. The van der Waals surface area contributed by atoms with Crippen molar-refractivity contribution in [2.24, 2.45) is 11.8 Å². The van der Waals surface area contributed by atoms with Gasteiger partial charge in [0.05, 0.1) is 36.9 Å². The van der Waals surface area contributed by atoms with Crippen LogP contribution in [0.5, 0.6) is 0 Å². The molecule has 0 saturated heterocycles. The number of nitrogens with zero attached hydrogens (tertiary/aromatic N) is 1. The van der Waals surface area contributed by atoms with Gasteiger partial charge >= 0.3 is 5.97 Å². The Morgan fingerprint density at radius 1 is 1.00 bits per heavy atom. The molecule has 0 aromatic heterocycles. The summed E-state index contributed by atoms with van der Waals surface area (Å²) < 4.78 is 5.13. The minimum absolute atomic E-state index is 0.0322. The molecule has 1 aromatic carbocycles. The van der Waals surface area contributed by atoms with Crippen LogP contribution in [0.1, 0.15) is 69.8 Å². The highest BCUT2D eigenvalue weighted by Gasteiger charge is 2.40. The molecular formula is C27H43NO8.